The minimum absolute atomic E-state index is 0. The number of isothiocyanates is 6. The Kier molecular flexibility index (Phi) is 42.9. The van der Waals surface area contributed by atoms with Crippen molar-refractivity contribution in [3.63, 3.8) is 0 Å². The van der Waals surface area contributed by atoms with E-state index in [4.69, 9.17) is 46.7 Å². The summed E-state index contributed by atoms with van der Waals surface area (Å²) in [6.07, 6.45) is 12.8. The number of benzene rings is 3. The number of aliphatic hydroxyl groups excluding tert-OH is 3. The molecular weight excluding hydrogens is 1200 g/mol. The van der Waals surface area contributed by atoms with E-state index >= 15 is 0 Å². The number of thiocarbonyl (C=S) groups is 6. The zero-order valence-electron chi connectivity index (χ0n) is 48.9. The van der Waals surface area contributed by atoms with Gasteiger partial charge in [-0.05, 0) is 115 Å². The number of carbonyl (C=O) groups excluding carboxylic acids is 3. The molecule has 6 fully saturated rings. The maximum Gasteiger partial charge on any atom is 3.00 e. The van der Waals surface area contributed by atoms with Gasteiger partial charge in [-0.2, -0.15) is 31.0 Å². The van der Waals surface area contributed by atoms with Gasteiger partial charge in [0.05, 0.1) is 19.8 Å². The summed E-state index contributed by atoms with van der Waals surface area (Å²) in [6, 6.07) is 31.4. The molecule has 3 aromatic rings. The van der Waals surface area contributed by atoms with Gasteiger partial charge in [-0.1, -0.05) is 164 Å². The van der Waals surface area contributed by atoms with Crippen LogP contribution in [0.2, 0.25) is 0 Å². The van der Waals surface area contributed by atoms with Crippen molar-refractivity contribution in [3.05, 3.63) is 140 Å². The normalized spacial score (nSPS) is 23.7. The molecule has 12 atom stereocenters. The molecule has 6 bridgehead atoms. The Hall–Kier alpha value is -4.84. The second-order valence-corrected chi connectivity index (χ2v) is 20.3. The predicted molar refractivity (Wildman–Crippen MR) is 339 cm³/mol. The van der Waals surface area contributed by atoms with Crippen LogP contribution in [0.1, 0.15) is 116 Å². The molecule has 3 N–H and O–H groups in total. The fourth-order valence-corrected chi connectivity index (χ4v) is 11.1. The molecule has 6 saturated heterocycles. The zero-order chi connectivity index (χ0) is 60.7. The van der Waals surface area contributed by atoms with Gasteiger partial charge in [0.15, 0.2) is 0 Å². The van der Waals surface area contributed by atoms with Crippen molar-refractivity contribution in [2.24, 2.45) is 0 Å². The standard InChI is InChI=1S/3C17H23NO3.6CNS.Cr/c3*1-18-13-7-8-14(18)10-15(9-13)21-17(20)16(11-19)12-5-3-2-4-6-12;6*2-1-3;/h3*2-6,13-16,19H,7-11H2,1H3;;;;;;;/q;;;6*-1;+3/p+3/t3*13-,14+,15?,16?;;;;;;;. The number of rotatable bonds is 12. The van der Waals surface area contributed by atoms with Crippen molar-refractivity contribution >= 4 is 122 Å². The van der Waals surface area contributed by atoms with E-state index in [1.54, 1.807) is 0 Å². The number of nitrogens with zero attached hydrogens (tertiary/aromatic N) is 9. The van der Waals surface area contributed by atoms with E-state index in [1.807, 2.05) is 91.0 Å². The molecule has 6 heterocycles. The average Bonchev–Trinajstić information content (AvgIpc) is 3.51. The van der Waals surface area contributed by atoms with E-state index in [2.05, 4.69) is 109 Å². The second kappa shape index (κ2) is 45.6. The molecule has 6 aliphatic heterocycles. The van der Waals surface area contributed by atoms with Gasteiger partial charge in [0.2, 0.25) is 0 Å². The molecule has 82 heavy (non-hydrogen) atoms. The third kappa shape index (κ3) is 26.8. The van der Waals surface area contributed by atoms with Crippen LogP contribution in [-0.4, -0.2) is 174 Å². The van der Waals surface area contributed by atoms with Gasteiger partial charge in [0.1, 0.15) is 36.1 Å². The smallest absolute Gasteiger partial charge is 0.753 e. The monoisotopic (exact) mass is 1270 g/mol. The topological polar surface area (TPSA) is 283 Å². The van der Waals surface area contributed by atoms with Crippen LogP contribution < -0.4 is 0 Å². The fourth-order valence-electron chi connectivity index (χ4n) is 11.1. The largest absolute Gasteiger partial charge is 3.00 e. The third-order valence-corrected chi connectivity index (χ3v) is 15.0. The Labute approximate surface area is 529 Å². The van der Waals surface area contributed by atoms with Crippen molar-refractivity contribution in [3.8, 4) is 0 Å². The third-order valence-electron chi connectivity index (χ3n) is 15.0. The Balaban J connectivity index is -0.000000496. The summed E-state index contributed by atoms with van der Waals surface area (Å²) >= 11 is 22.2. The Morgan fingerprint density at radius 2 is 0.585 bits per heavy atom. The molecule has 0 spiro atoms. The van der Waals surface area contributed by atoms with E-state index in [1.165, 1.54) is 69.5 Å². The van der Waals surface area contributed by atoms with Crippen molar-refractivity contribution in [2.75, 3.05) is 41.0 Å². The quantitative estimate of drug-likeness (QED) is 0.0658. The molecule has 9 rings (SSSR count). The van der Waals surface area contributed by atoms with Gasteiger partial charge in [-0.3, -0.25) is 14.4 Å². The van der Waals surface area contributed by atoms with Crippen LogP contribution in [0.5, 0.6) is 0 Å². The Morgan fingerprint density at radius 3 is 0.732 bits per heavy atom. The van der Waals surface area contributed by atoms with E-state index in [0.29, 0.717) is 36.3 Å². The van der Waals surface area contributed by atoms with Crippen LogP contribution in [-0.2, 0) is 46.0 Å². The number of esters is 3. The van der Waals surface area contributed by atoms with Crippen LogP contribution >= 0.6 is 73.3 Å². The van der Waals surface area contributed by atoms with Gasteiger partial charge in [0, 0.05) is 36.3 Å². The average molecular weight is 1270 g/mol. The molecule has 0 aromatic heterocycles. The maximum atomic E-state index is 12.4. The summed E-state index contributed by atoms with van der Waals surface area (Å²) in [5.41, 5.74) is 2.46. The van der Waals surface area contributed by atoms with Crippen molar-refractivity contribution in [2.45, 2.75) is 149 Å². The van der Waals surface area contributed by atoms with Gasteiger partial charge < -0.3 is 76.7 Å². The molecular formula is C57H72CrN9O9S6. The van der Waals surface area contributed by atoms with Crippen LogP contribution in [0.4, 0.5) is 0 Å². The molecule has 3 aromatic carbocycles. The number of aliphatic hydroxyl groups is 3. The number of ether oxygens (including phenoxy) is 3. The summed E-state index contributed by atoms with van der Waals surface area (Å²) in [5.74, 6) is -2.58. The van der Waals surface area contributed by atoms with Gasteiger partial charge in [-0.15, -0.1) is 0 Å². The molecule has 0 aliphatic carbocycles. The summed E-state index contributed by atoms with van der Waals surface area (Å²) in [4.78, 5) is 44.4. The number of carbonyl (C=O) groups is 3. The first-order chi connectivity index (χ1) is 39.0. The minimum Gasteiger partial charge on any atom is -0.753 e. The van der Waals surface area contributed by atoms with E-state index in [0.717, 1.165) is 55.2 Å². The molecule has 18 nitrogen and oxygen atoms in total. The molecule has 0 amide bonds. The van der Waals surface area contributed by atoms with Crippen molar-refractivity contribution in [1.29, 1.82) is 0 Å². The first-order valence-electron chi connectivity index (χ1n) is 25.9. The SMILES string of the molecule is CN1[C@@H]2CC[C@H]1CC(OC(=O)C(CO)c1ccccc1)C2.CN1[C@@H]2CC[C@H]1CC(OC(=O)C(CO)c1ccccc1)C2.CN1[C@@H]2CC[C@H]1CC(OC(=O)C(CO)c1ccccc1)C2.[Cr+3].[H+].[H+].[H+].[N-]=C=S.[N-]=C=S.[N-]=C=S.[N-]=C=S.[N-]=C=S.[N-]=C=S. The van der Waals surface area contributed by atoms with Crippen LogP contribution in [0, 0.1) is 0 Å². The predicted octanol–water partition coefficient (Wildman–Crippen LogP) is 10.1. The molecule has 1 radical (unpaired) electrons. The van der Waals surface area contributed by atoms with Crippen LogP contribution in [0.25, 0.3) is 32.5 Å². The zero-order valence-corrected chi connectivity index (χ0v) is 52.0. The second-order valence-electron chi connectivity index (χ2n) is 19.2. The molecule has 441 valence electrons. The van der Waals surface area contributed by atoms with Crippen LogP contribution in [0.15, 0.2) is 91.0 Å². The fraction of sp³-hybridized carbons (Fsp3) is 0.526. The molecule has 25 heteroatoms. The van der Waals surface area contributed by atoms with Crippen LogP contribution in [0.3, 0.4) is 0 Å². The number of fused-ring (bicyclic) bond motifs is 6. The Morgan fingerprint density at radius 1 is 0.427 bits per heavy atom. The number of hydrogen-bond donors (Lipinski definition) is 3. The number of hydrogen-bond acceptors (Lipinski definition) is 18. The van der Waals surface area contributed by atoms with E-state index in [-0.39, 0.29) is 77.7 Å². The van der Waals surface area contributed by atoms with Crippen molar-refractivity contribution in [1.82, 2.24) is 14.7 Å². The Bertz CT molecular complexity index is 2200. The minimum atomic E-state index is -0.566. The summed E-state index contributed by atoms with van der Waals surface area (Å²) in [7, 11) is 6.50. The molecule has 0 saturated carbocycles. The number of piperidine rings is 3. The van der Waals surface area contributed by atoms with E-state index < -0.39 is 17.8 Å². The first kappa shape index (κ1) is 77.2. The van der Waals surface area contributed by atoms with Crippen molar-refractivity contribution < 1.29 is 65.6 Å². The van der Waals surface area contributed by atoms with Gasteiger partial charge in [-0.25, -0.2) is 0 Å². The van der Waals surface area contributed by atoms with Gasteiger partial charge in [0.25, 0.3) is 0 Å². The van der Waals surface area contributed by atoms with E-state index in [9.17, 15) is 29.7 Å². The maximum absolute atomic E-state index is 12.4. The molecule has 6 aliphatic rings. The van der Waals surface area contributed by atoms with Gasteiger partial charge >= 0.3 is 39.5 Å². The summed E-state index contributed by atoms with van der Waals surface area (Å²) in [6.45, 7) is -0.618. The molecule has 6 unspecified atom stereocenters. The first-order valence-corrected chi connectivity index (χ1v) is 28.3. The summed E-state index contributed by atoms with van der Waals surface area (Å²) < 4.78 is 17.1. The summed E-state index contributed by atoms with van der Waals surface area (Å²) in [5, 5.41) is 79.4.